The zero-order valence-corrected chi connectivity index (χ0v) is 13.6. The molecule has 0 saturated heterocycles. The summed E-state index contributed by atoms with van der Waals surface area (Å²) in [6.07, 6.45) is 2.34. The van der Waals surface area contributed by atoms with Gasteiger partial charge in [0.15, 0.2) is 0 Å². The van der Waals surface area contributed by atoms with Crippen LogP contribution >= 0.6 is 0 Å². The molecule has 1 N–H and O–H groups in total. The first-order valence-corrected chi connectivity index (χ1v) is 7.18. The van der Waals surface area contributed by atoms with Crippen molar-refractivity contribution in [2.75, 3.05) is 0 Å². The maximum absolute atomic E-state index is 4.76. The lowest BCUT2D eigenvalue weighted by Crippen LogP contribution is -2.47. The first kappa shape index (κ1) is 16.0. The summed E-state index contributed by atoms with van der Waals surface area (Å²) in [5.41, 5.74) is 3.13. The maximum atomic E-state index is 4.76. The molecule has 0 bridgehead atoms. The first-order chi connectivity index (χ1) is 8.74. The molecule has 1 rings (SSSR count). The Labute approximate surface area is 118 Å². The molecule has 2 unspecified atom stereocenters. The quantitative estimate of drug-likeness (QED) is 0.795. The number of imidazole rings is 1. The van der Waals surface area contributed by atoms with Crippen LogP contribution in [0.1, 0.15) is 57.7 Å². The summed E-state index contributed by atoms with van der Waals surface area (Å²) in [5.74, 6) is 1.05. The molecular weight excluding hydrogens is 234 g/mol. The van der Waals surface area contributed by atoms with E-state index in [-0.39, 0.29) is 5.54 Å². The van der Waals surface area contributed by atoms with Crippen LogP contribution < -0.4 is 5.32 Å². The fourth-order valence-electron chi connectivity index (χ4n) is 2.54. The molecule has 0 spiro atoms. The van der Waals surface area contributed by atoms with Crippen molar-refractivity contribution in [2.24, 2.45) is 7.05 Å². The number of rotatable bonds is 6. The molecule has 1 aromatic rings. The van der Waals surface area contributed by atoms with Crippen molar-refractivity contribution in [3.05, 3.63) is 29.4 Å². The van der Waals surface area contributed by atoms with Gasteiger partial charge in [0, 0.05) is 18.8 Å². The molecule has 1 heterocycles. The lowest BCUT2D eigenvalue weighted by Gasteiger charge is -2.34. The molecule has 0 aliphatic carbocycles. The van der Waals surface area contributed by atoms with E-state index in [1.807, 2.05) is 0 Å². The van der Waals surface area contributed by atoms with Crippen LogP contribution in [-0.2, 0) is 12.6 Å². The van der Waals surface area contributed by atoms with Crippen LogP contribution in [0, 0.1) is 13.8 Å². The zero-order chi connectivity index (χ0) is 14.8. The van der Waals surface area contributed by atoms with Gasteiger partial charge in [-0.15, -0.1) is 0 Å². The van der Waals surface area contributed by atoms with Crippen molar-refractivity contribution < 1.29 is 0 Å². The highest BCUT2D eigenvalue weighted by Gasteiger charge is 2.33. The highest BCUT2D eigenvalue weighted by molar-refractivity contribution is 5.27. The summed E-state index contributed by atoms with van der Waals surface area (Å²) < 4.78 is 2.18. The lowest BCUT2D eigenvalue weighted by molar-refractivity contribution is 0.337. The summed E-state index contributed by atoms with van der Waals surface area (Å²) in [7, 11) is 2.08. The monoisotopic (exact) mass is 263 g/mol. The molecular formula is C16H29N3. The number of hydrogen-bond donors (Lipinski definition) is 1. The van der Waals surface area contributed by atoms with Crippen molar-refractivity contribution in [1.29, 1.82) is 0 Å². The van der Waals surface area contributed by atoms with E-state index in [0.29, 0.717) is 6.04 Å². The Morgan fingerprint density at radius 1 is 1.47 bits per heavy atom. The highest BCUT2D eigenvalue weighted by atomic mass is 15.1. The van der Waals surface area contributed by atoms with Gasteiger partial charge in [-0.1, -0.05) is 25.5 Å². The molecule has 19 heavy (non-hydrogen) atoms. The fourth-order valence-corrected chi connectivity index (χ4v) is 2.54. The summed E-state index contributed by atoms with van der Waals surface area (Å²) in [5, 5.41) is 3.71. The van der Waals surface area contributed by atoms with Crippen molar-refractivity contribution in [3.8, 4) is 0 Å². The predicted molar refractivity (Wildman–Crippen MR) is 82.4 cm³/mol. The minimum absolute atomic E-state index is 0.275. The molecule has 0 fully saturated rings. The van der Waals surface area contributed by atoms with E-state index in [1.165, 1.54) is 12.1 Å². The molecule has 0 aliphatic heterocycles. The maximum Gasteiger partial charge on any atom is 0.133 e. The van der Waals surface area contributed by atoms with Crippen LogP contribution in [0.5, 0.6) is 0 Å². The Bertz CT molecular complexity index is 459. The smallest absolute Gasteiger partial charge is 0.133 e. The van der Waals surface area contributed by atoms with Gasteiger partial charge >= 0.3 is 0 Å². The third-order valence-corrected chi connectivity index (χ3v) is 4.18. The number of hydrogen-bond acceptors (Lipinski definition) is 2. The van der Waals surface area contributed by atoms with Crippen molar-refractivity contribution in [3.63, 3.8) is 0 Å². The van der Waals surface area contributed by atoms with Crippen LogP contribution in [-0.4, -0.2) is 15.6 Å². The van der Waals surface area contributed by atoms with E-state index < -0.39 is 0 Å². The minimum Gasteiger partial charge on any atom is -0.333 e. The Morgan fingerprint density at radius 2 is 2.05 bits per heavy atom. The average Bonchev–Trinajstić information content (AvgIpc) is 2.57. The zero-order valence-electron chi connectivity index (χ0n) is 13.6. The average molecular weight is 263 g/mol. The summed E-state index contributed by atoms with van der Waals surface area (Å²) in [6.45, 7) is 17.1. The van der Waals surface area contributed by atoms with Gasteiger partial charge in [0.2, 0.25) is 0 Å². The van der Waals surface area contributed by atoms with Crippen LogP contribution in [0.3, 0.4) is 0 Å². The largest absolute Gasteiger partial charge is 0.333 e. The number of nitrogens with zero attached hydrogens (tertiary/aromatic N) is 2. The van der Waals surface area contributed by atoms with E-state index in [1.54, 1.807) is 0 Å². The van der Waals surface area contributed by atoms with Crippen LogP contribution in [0.2, 0.25) is 0 Å². The van der Waals surface area contributed by atoms with Gasteiger partial charge in [0.25, 0.3) is 0 Å². The van der Waals surface area contributed by atoms with Gasteiger partial charge in [-0.2, -0.15) is 0 Å². The lowest BCUT2D eigenvalue weighted by atomic mass is 9.91. The molecule has 0 radical (unpaired) electrons. The number of aromatic nitrogens is 2. The first-order valence-electron chi connectivity index (χ1n) is 7.18. The molecule has 2 atom stereocenters. The Balaban J connectivity index is 3.19. The van der Waals surface area contributed by atoms with Crippen LogP contribution in [0.4, 0.5) is 0 Å². The second kappa shape index (κ2) is 5.91. The van der Waals surface area contributed by atoms with Crippen LogP contribution in [0.25, 0.3) is 0 Å². The van der Waals surface area contributed by atoms with Crippen molar-refractivity contribution >= 4 is 0 Å². The normalized spacial score (nSPS) is 16.2. The topological polar surface area (TPSA) is 29.9 Å². The van der Waals surface area contributed by atoms with Gasteiger partial charge < -0.3 is 4.57 Å². The second-order valence-corrected chi connectivity index (χ2v) is 5.90. The summed E-state index contributed by atoms with van der Waals surface area (Å²) in [4.78, 5) is 4.76. The minimum atomic E-state index is -0.275. The summed E-state index contributed by atoms with van der Waals surface area (Å²) >= 11 is 0. The van der Waals surface area contributed by atoms with Gasteiger partial charge in [0.1, 0.15) is 5.82 Å². The third-order valence-electron chi connectivity index (χ3n) is 4.18. The molecule has 3 heteroatoms. The SMILES string of the molecule is C=C(C)C(C)(NC(C)CCC)c1nc(C)c(C)n1C. The fraction of sp³-hybridized carbons (Fsp3) is 0.688. The van der Waals surface area contributed by atoms with E-state index >= 15 is 0 Å². The summed E-state index contributed by atoms with van der Waals surface area (Å²) in [6, 6.07) is 0.448. The van der Waals surface area contributed by atoms with E-state index in [9.17, 15) is 0 Å². The number of nitrogens with one attached hydrogen (secondary N) is 1. The van der Waals surface area contributed by atoms with Gasteiger partial charge in [-0.05, 0) is 41.0 Å². The molecule has 0 aliphatic rings. The molecule has 0 amide bonds. The second-order valence-electron chi connectivity index (χ2n) is 5.90. The molecule has 3 nitrogen and oxygen atoms in total. The van der Waals surface area contributed by atoms with E-state index in [4.69, 9.17) is 4.98 Å². The Hall–Kier alpha value is -1.09. The predicted octanol–water partition coefficient (Wildman–Crippen LogP) is 3.61. The molecule has 1 aromatic heterocycles. The Kier molecular flexibility index (Phi) is 4.97. The third kappa shape index (κ3) is 3.08. The van der Waals surface area contributed by atoms with E-state index in [2.05, 4.69) is 65.1 Å². The highest BCUT2D eigenvalue weighted by Crippen LogP contribution is 2.29. The molecule has 0 saturated carbocycles. The molecule has 0 aromatic carbocycles. The van der Waals surface area contributed by atoms with Crippen molar-refractivity contribution in [2.45, 2.75) is 66.0 Å². The Morgan fingerprint density at radius 3 is 2.42 bits per heavy atom. The van der Waals surface area contributed by atoms with Gasteiger partial charge in [0.05, 0.1) is 11.2 Å². The van der Waals surface area contributed by atoms with Crippen LogP contribution in [0.15, 0.2) is 12.2 Å². The van der Waals surface area contributed by atoms with Gasteiger partial charge in [-0.25, -0.2) is 4.98 Å². The van der Waals surface area contributed by atoms with Gasteiger partial charge in [-0.3, -0.25) is 5.32 Å². The molecule has 108 valence electrons. The van der Waals surface area contributed by atoms with Crippen molar-refractivity contribution in [1.82, 2.24) is 14.9 Å². The number of aryl methyl sites for hydroxylation is 1. The standard InChI is InChI=1S/C16H29N3/c1-9-10-12(4)18-16(7,11(2)3)15-17-13(5)14(6)19(15)8/h12,18H,2,9-10H2,1,3-8H3. The van der Waals surface area contributed by atoms with E-state index in [0.717, 1.165) is 23.5 Å².